The number of nitrogens with one attached hydrogen (secondary N) is 1. The molecule has 162 valence electrons. The number of amides is 1. The van der Waals surface area contributed by atoms with E-state index in [9.17, 15) is 13.2 Å². The summed E-state index contributed by atoms with van der Waals surface area (Å²) in [6.45, 7) is 6.66. The highest BCUT2D eigenvalue weighted by Gasteiger charge is 2.33. The lowest BCUT2D eigenvalue weighted by atomic mass is 9.98. The van der Waals surface area contributed by atoms with Crippen molar-refractivity contribution in [3.63, 3.8) is 0 Å². The summed E-state index contributed by atoms with van der Waals surface area (Å²) in [5.41, 5.74) is 2.70. The van der Waals surface area contributed by atoms with Crippen molar-refractivity contribution in [1.82, 2.24) is 4.31 Å². The molecule has 0 radical (unpaired) electrons. The molecule has 0 saturated carbocycles. The molecule has 0 aliphatic carbocycles. The summed E-state index contributed by atoms with van der Waals surface area (Å²) >= 11 is 0. The van der Waals surface area contributed by atoms with Crippen LogP contribution in [0.25, 0.3) is 0 Å². The first-order valence-electron chi connectivity index (χ1n) is 10.3. The summed E-state index contributed by atoms with van der Waals surface area (Å²) < 4.78 is 32.9. The van der Waals surface area contributed by atoms with Crippen molar-refractivity contribution in [3.8, 4) is 5.75 Å². The third kappa shape index (κ3) is 4.84. The molecule has 1 atom stereocenters. The monoisotopic (exact) mass is 430 g/mol. The predicted molar refractivity (Wildman–Crippen MR) is 118 cm³/mol. The first-order valence-corrected chi connectivity index (χ1v) is 11.7. The summed E-state index contributed by atoms with van der Waals surface area (Å²) in [5, 5.41) is 2.94. The zero-order valence-corrected chi connectivity index (χ0v) is 18.8. The fourth-order valence-electron chi connectivity index (χ4n) is 3.73. The van der Waals surface area contributed by atoms with Crippen LogP contribution >= 0.6 is 0 Å². The lowest BCUT2D eigenvalue weighted by Gasteiger charge is -2.31. The molecule has 1 amide bonds. The predicted octanol–water partition coefficient (Wildman–Crippen LogP) is 4.17. The number of benzene rings is 2. The number of anilines is 1. The fraction of sp³-hybridized carbons (Fsp3) is 0.435. The van der Waals surface area contributed by atoms with E-state index in [0.717, 1.165) is 11.3 Å². The molecular formula is C23H30N2O4S. The lowest BCUT2D eigenvalue weighted by Crippen LogP contribution is -2.43. The topological polar surface area (TPSA) is 75.7 Å². The number of hydrogen-bond donors (Lipinski definition) is 1. The molecule has 0 bridgehead atoms. The molecule has 6 nitrogen and oxygen atoms in total. The van der Waals surface area contributed by atoms with E-state index < -0.39 is 10.0 Å². The second-order valence-corrected chi connectivity index (χ2v) is 10.0. The third-order valence-corrected chi connectivity index (χ3v) is 7.47. The van der Waals surface area contributed by atoms with Gasteiger partial charge in [0.25, 0.3) is 0 Å². The van der Waals surface area contributed by atoms with Crippen LogP contribution in [-0.2, 0) is 14.8 Å². The number of ether oxygens (including phenoxy) is 1. The highest BCUT2D eigenvalue weighted by atomic mass is 32.2. The Morgan fingerprint density at radius 1 is 1.17 bits per heavy atom. The molecule has 0 unspecified atom stereocenters. The van der Waals surface area contributed by atoms with E-state index in [4.69, 9.17) is 4.74 Å². The Morgan fingerprint density at radius 3 is 2.47 bits per heavy atom. The van der Waals surface area contributed by atoms with Gasteiger partial charge in [-0.15, -0.1) is 0 Å². The number of piperidine rings is 1. The van der Waals surface area contributed by atoms with E-state index in [1.165, 1.54) is 9.87 Å². The van der Waals surface area contributed by atoms with E-state index in [0.29, 0.717) is 31.1 Å². The van der Waals surface area contributed by atoms with Gasteiger partial charge in [-0.3, -0.25) is 4.79 Å². The largest absolute Gasteiger partial charge is 0.496 e. The number of carbonyl (C=O) groups is 1. The molecule has 3 rings (SSSR count). The van der Waals surface area contributed by atoms with Crippen LogP contribution in [0.3, 0.4) is 0 Å². The molecule has 1 aliphatic heterocycles. The van der Waals surface area contributed by atoms with Crippen LogP contribution in [-0.4, -0.2) is 38.8 Å². The number of carbonyl (C=O) groups excluding carboxylic acids is 1. The van der Waals surface area contributed by atoms with E-state index in [-0.39, 0.29) is 23.3 Å². The Kier molecular flexibility index (Phi) is 6.83. The minimum atomic E-state index is -3.67. The van der Waals surface area contributed by atoms with Crippen molar-refractivity contribution in [2.45, 2.75) is 44.4 Å². The molecule has 1 saturated heterocycles. The standard InChI is InChI=1S/C23H30N2O4S/c1-16(2)18-7-9-20(10-8-18)24-23(26)19-6-5-13-25(15-19)30(27,28)21-11-12-22(29-4)17(3)14-21/h7-12,14,16,19H,5-6,13,15H2,1-4H3,(H,24,26)/t19-/m0/s1. The Hall–Kier alpha value is -2.38. The average molecular weight is 431 g/mol. The summed E-state index contributed by atoms with van der Waals surface area (Å²) in [6, 6.07) is 12.6. The van der Waals surface area contributed by atoms with Gasteiger partial charge in [0, 0.05) is 18.8 Å². The second-order valence-electron chi connectivity index (χ2n) is 8.10. The van der Waals surface area contributed by atoms with Gasteiger partial charge in [-0.1, -0.05) is 26.0 Å². The quantitative estimate of drug-likeness (QED) is 0.746. The van der Waals surface area contributed by atoms with Crippen LogP contribution < -0.4 is 10.1 Å². The van der Waals surface area contributed by atoms with Crippen LogP contribution in [0.1, 0.15) is 43.7 Å². The third-order valence-electron chi connectivity index (χ3n) is 5.60. The van der Waals surface area contributed by atoms with E-state index >= 15 is 0 Å². The SMILES string of the molecule is COc1ccc(S(=O)(=O)N2CCC[C@H](C(=O)Nc3ccc(C(C)C)cc3)C2)cc1C. The Morgan fingerprint density at radius 2 is 1.87 bits per heavy atom. The van der Waals surface area contributed by atoms with E-state index in [2.05, 4.69) is 19.2 Å². The van der Waals surface area contributed by atoms with Gasteiger partial charge in [-0.05, 0) is 67.1 Å². The summed E-state index contributed by atoms with van der Waals surface area (Å²) in [4.78, 5) is 13.0. The first-order chi connectivity index (χ1) is 14.2. The number of methoxy groups -OCH3 is 1. The maximum absolute atomic E-state index is 13.1. The number of sulfonamides is 1. The number of hydrogen-bond acceptors (Lipinski definition) is 4. The Bertz CT molecular complexity index is 1000. The second kappa shape index (κ2) is 9.18. The van der Waals surface area contributed by atoms with Gasteiger partial charge in [0.05, 0.1) is 17.9 Å². The molecule has 1 N–H and O–H groups in total. The first kappa shape index (κ1) is 22.3. The van der Waals surface area contributed by atoms with Gasteiger partial charge in [-0.2, -0.15) is 4.31 Å². The molecular weight excluding hydrogens is 400 g/mol. The highest BCUT2D eigenvalue weighted by molar-refractivity contribution is 7.89. The van der Waals surface area contributed by atoms with E-state index in [1.54, 1.807) is 25.3 Å². The van der Waals surface area contributed by atoms with Crippen LogP contribution in [0.5, 0.6) is 5.75 Å². The van der Waals surface area contributed by atoms with Crippen molar-refractivity contribution in [2.75, 3.05) is 25.5 Å². The average Bonchev–Trinajstić information content (AvgIpc) is 2.74. The van der Waals surface area contributed by atoms with Gasteiger partial charge in [0.15, 0.2) is 0 Å². The van der Waals surface area contributed by atoms with Gasteiger partial charge < -0.3 is 10.1 Å². The van der Waals surface area contributed by atoms with Crippen LogP contribution in [0.4, 0.5) is 5.69 Å². The number of nitrogens with zero attached hydrogens (tertiary/aromatic N) is 1. The van der Waals surface area contributed by atoms with Crippen molar-refractivity contribution in [1.29, 1.82) is 0 Å². The molecule has 30 heavy (non-hydrogen) atoms. The van der Waals surface area contributed by atoms with Gasteiger partial charge in [0.2, 0.25) is 15.9 Å². The summed E-state index contributed by atoms with van der Waals surface area (Å²) in [7, 11) is -2.11. The molecule has 7 heteroatoms. The normalized spacial score (nSPS) is 17.7. The van der Waals surface area contributed by atoms with Gasteiger partial charge in [-0.25, -0.2) is 8.42 Å². The van der Waals surface area contributed by atoms with Crippen LogP contribution in [0, 0.1) is 12.8 Å². The summed E-state index contributed by atoms with van der Waals surface area (Å²) in [5.74, 6) is 0.553. The molecule has 0 aromatic heterocycles. The van der Waals surface area contributed by atoms with Crippen molar-refractivity contribution in [2.24, 2.45) is 5.92 Å². The zero-order valence-electron chi connectivity index (χ0n) is 18.0. The molecule has 2 aromatic rings. The van der Waals surface area contributed by atoms with Crippen molar-refractivity contribution >= 4 is 21.6 Å². The van der Waals surface area contributed by atoms with Crippen molar-refractivity contribution in [3.05, 3.63) is 53.6 Å². The summed E-state index contributed by atoms with van der Waals surface area (Å²) in [6.07, 6.45) is 1.32. The van der Waals surface area contributed by atoms with Gasteiger partial charge >= 0.3 is 0 Å². The maximum atomic E-state index is 13.1. The molecule has 2 aromatic carbocycles. The van der Waals surface area contributed by atoms with Crippen molar-refractivity contribution < 1.29 is 17.9 Å². The maximum Gasteiger partial charge on any atom is 0.243 e. The highest BCUT2D eigenvalue weighted by Crippen LogP contribution is 2.28. The van der Waals surface area contributed by atoms with E-state index in [1.807, 2.05) is 31.2 Å². The minimum absolute atomic E-state index is 0.141. The van der Waals surface area contributed by atoms with Crippen LogP contribution in [0.2, 0.25) is 0 Å². The smallest absolute Gasteiger partial charge is 0.243 e. The molecule has 1 heterocycles. The fourth-order valence-corrected chi connectivity index (χ4v) is 5.34. The minimum Gasteiger partial charge on any atom is -0.496 e. The van der Waals surface area contributed by atoms with Crippen LogP contribution in [0.15, 0.2) is 47.4 Å². The lowest BCUT2D eigenvalue weighted by molar-refractivity contribution is -0.120. The molecule has 1 fully saturated rings. The Balaban J connectivity index is 1.71. The number of aryl methyl sites for hydroxylation is 1. The van der Waals surface area contributed by atoms with Gasteiger partial charge in [0.1, 0.15) is 5.75 Å². The number of rotatable bonds is 6. The molecule has 1 aliphatic rings. The zero-order chi connectivity index (χ0) is 21.9. The Labute approximate surface area is 179 Å². The molecule has 0 spiro atoms.